The summed E-state index contributed by atoms with van der Waals surface area (Å²) in [5, 5.41) is 9.25. The first-order chi connectivity index (χ1) is 7.13. The van der Waals surface area contributed by atoms with Crippen molar-refractivity contribution >= 4 is 17.7 Å². The van der Waals surface area contributed by atoms with Gasteiger partial charge in [-0.25, -0.2) is 0 Å². The van der Waals surface area contributed by atoms with Gasteiger partial charge in [0.1, 0.15) is 4.75 Å². The molecular weight excluding hydrogens is 208 g/mol. The minimum atomic E-state index is -0.593. The van der Waals surface area contributed by atoms with Crippen LogP contribution < -0.4 is 0 Å². The normalized spacial score (nSPS) is 28.1. The second-order valence-corrected chi connectivity index (χ2v) is 6.46. The Balaban J connectivity index is 2.02. The summed E-state index contributed by atoms with van der Waals surface area (Å²) in [6.07, 6.45) is 11.6. The maximum absolute atomic E-state index is 11.2. The van der Waals surface area contributed by atoms with Crippen molar-refractivity contribution in [2.75, 3.05) is 6.26 Å². The first-order valence-electron chi connectivity index (χ1n) is 5.91. The van der Waals surface area contributed by atoms with Crippen molar-refractivity contribution in [1.82, 2.24) is 0 Å². The number of carboxylic acid groups (broad SMARTS) is 1. The number of hydrogen-bond donors (Lipinski definition) is 1. The van der Waals surface area contributed by atoms with Gasteiger partial charge in [0.05, 0.1) is 0 Å². The molecule has 0 atom stereocenters. The van der Waals surface area contributed by atoms with Crippen molar-refractivity contribution in [3.8, 4) is 0 Å². The standard InChI is InChI=1S/C12H20O2S/c1-15-12(10(13)14)8-11(9-12)6-4-2-3-5-7-11/h2-9H2,1H3,(H,13,14). The smallest absolute Gasteiger partial charge is 0.319 e. The molecule has 3 heteroatoms. The van der Waals surface area contributed by atoms with Crippen LogP contribution >= 0.6 is 11.8 Å². The third kappa shape index (κ3) is 1.91. The molecule has 15 heavy (non-hydrogen) atoms. The third-order valence-corrected chi connectivity index (χ3v) is 5.51. The van der Waals surface area contributed by atoms with E-state index in [0.717, 1.165) is 12.8 Å². The molecule has 0 aromatic heterocycles. The third-order valence-electron chi connectivity index (χ3n) is 4.27. The van der Waals surface area contributed by atoms with Gasteiger partial charge in [0.2, 0.25) is 0 Å². The lowest BCUT2D eigenvalue weighted by Crippen LogP contribution is -2.54. The lowest BCUT2D eigenvalue weighted by atomic mass is 9.58. The van der Waals surface area contributed by atoms with E-state index in [-0.39, 0.29) is 0 Å². The van der Waals surface area contributed by atoms with Gasteiger partial charge in [0, 0.05) is 0 Å². The summed E-state index contributed by atoms with van der Waals surface area (Å²) in [6.45, 7) is 0. The van der Waals surface area contributed by atoms with E-state index < -0.39 is 10.7 Å². The minimum absolute atomic E-state index is 0.401. The molecule has 2 nitrogen and oxygen atoms in total. The van der Waals surface area contributed by atoms with E-state index in [2.05, 4.69) is 0 Å². The maximum atomic E-state index is 11.2. The van der Waals surface area contributed by atoms with E-state index in [9.17, 15) is 9.90 Å². The van der Waals surface area contributed by atoms with E-state index in [1.54, 1.807) is 11.8 Å². The molecule has 1 N–H and O–H groups in total. The lowest BCUT2D eigenvalue weighted by Gasteiger charge is -2.53. The highest BCUT2D eigenvalue weighted by Crippen LogP contribution is 2.60. The fraction of sp³-hybridized carbons (Fsp3) is 0.917. The van der Waals surface area contributed by atoms with Gasteiger partial charge in [-0.15, -0.1) is 11.8 Å². The Morgan fingerprint density at radius 2 is 1.67 bits per heavy atom. The Kier molecular flexibility index (Phi) is 3.02. The number of carbonyl (C=O) groups is 1. The van der Waals surface area contributed by atoms with Gasteiger partial charge in [0.15, 0.2) is 0 Å². The zero-order valence-corrected chi connectivity index (χ0v) is 10.2. The number of carboxylic acids is 1. The Labute approximate surface area is 95.8 Å². The molecule has 2 rings (SSSR count). The lowest BCUT2D eigenvalue weighted by molar-refractivity contribution is -0.147. The molecule has 1 spiro atoms. The zero-order chi connectivity index (χ0) is 10.9. The SMILES string of the molecule is CSC1(C(=O)O)CC2(CCCCCC2)C1. The van der Waals surface area contributed by atoms with Crippen LogP contribution in [0.5, 0.6) is 0 Å². The van der Waals surface area contributed by atoms with Crippen LogP contribution in [0.4, 0.5) is 0 Å². The van der Waals surface area contributed by atoms with Crippen LogP contribution in [0.15, 0.2) is 0 Å². The van der Waals surface area contributed by atoms with Gasteiger partial charge in [-0.05, 0) is 37.4 Å². The molecule has 86 valence electrons. The van der Waals surface area contributed by atoms with E-state index in [0.29, 0.717) is 5.41 Å². The first-order valence-corrected chi connectivity index (χ1v) is 7.14. The topological polar surface area (TPSA) is 37.3 Å². The molecule has 0 aromatic carbocycles. The van der Waals surface area contributed by atoms with Crippen LogP contribution in [0.25, 0.3) is 0 Å². The molecule has 0 amide bonds. The summed E-state index contributed by atoms with van der Waals surface area (Å²) >= 11 is 1.54. The maximum Gasteiger partial charge on any atom is 0.319 e. The summed E-state index contributed by atoms with van der Waals surface area (Å²) in [5.74, 6) is -0.593. The monoisotopic (exact) mass is 228 g/mol. The van der Waals surface area contributed by atoms with Crippen LogP contribution in [-0.4, -0.2) is 22.1 Å². The fourth-order valence-corrected chi connectivity index (χ4v) is 4.45. The molecule has 0 unspecified atom stereocenters. The minimum Gasteiger partial charge on any atom is -0.480 e. The number of rotatable bonds is 2. The Hall–Kier alpha value is -0.180. The van der Waals surface area contributed by atoms with Crippen molar-refractivity contribution in [3.05, 3.63) is 0 Å². The molecule has 0 aliphatic heterocycles. The van der Waals surface area contributed by atoms with E-state index in [1.165, 1.54) is 38.5 Å². The largest absolute Gasteiger partial charge is 0.480 e. The predicted molar refractivity (Wildman–Crippen MR) is 63.3 cm³/mol. The zero-order valence-electron chi connectivity index (χ0n) is 9.42. The first kappa shape index (κ1) is 11.3. The van der Waals surface area contributed by atoms with Crippen molar-refractivity contribution in [1.29, 1.82) is 0 Å². The van der Waals surface area contributed by atoms with Crippen LogP contribution in [-0.2, 0) is 4.79 Å². The van der Waals surface area contributed by atoms with Crippen molar-refractivity contribution < 1.29 is 9.90 Å². The van der Waals surface area contributed by atoms with Gasteiger partial charge < -0.3 is 5.11 Å². The number of hydrogen-bond acceptors (Lipinski definition) is 2. The summed E-state index contributed by atoms with van der Waals surface area (Å²) in [7, 11) is 0. The Morgan fingerprint density at radius 3 is 2.07 bits per heavy atom. The quantitative estimate of drug-likeness (QED) is 0.788. The Morgan fingerprint density at radius 1 is 1.13 bits per heavy atom. The highest BCUT2D eigenvalue weighted by Gasteiger charge is 2.58. The van der Waals surface area contributed by atoms with Crippen LogP contribution in [0.2, 0.25) is 0 Å². The summed E-state index contributed by atoms with van der Waals surface area (Å²) in [6, 6.07) is 0. The molecule has 0 bridgehead atoms. The van der Waals surface area contributed by atoms with Crippen LogP contribution in [0.3, 0.4) is 0 Å². The number of thioether (sulfide) groups is 1. The van der Waals surface area contributed by atoms with Crippen molar-refractivity contribution in [3.63, 3.8) is 0 Å². The predicted octanol–water partition coefficient (Wildman–Crippen LogP) is 3.31. The second-order valence-electron chi connectivity index (χ2n) is 5.27. The van der Waals surface area contributed by atoms with Gasteiger partial charge in [-0.1, -0.05) is 25.7 Å². The average Bonchev–Trinajstić information content (AvgIpc) is 2.39. The van der Waals surface area contributed by atoms with E-state index in [4.69, 9.17) is 0 Å². The molecule has 0 heterocycles. The molecule has 2 aliphatic rings. The molecule has 0 saturated heterocycles. The highest BCUT2D eigenvalue weighted by atomic mass is 32.2. The summed E-state index contributed by atoms with van der Waals surface area (Å²) in [4.78, 5) is 11.2. The summed E-state index contributed by atoms with van der Waals surface area (Å²) < 4.78 is -0.440. The Bertz CT molecular complexity index is 246. The average molecular weight is 228 g/mol. The molecule has 0 radical (unpaired) electrons. The van der Waals surface area contributed by atoms with Crippen LogP contribution in [0, 0.1) is 5.41 Å². The fourth-order valence-electron chi connectivity index (χ4n) is 3.37. The van der Waals surface area contributed by atoms with Gasteiger partial charge in [-0.2, -0.15) is 0 Å². The van der Waals surface area contributed by atoms with Crippen LogP contribution in [0.1, 0.15) is 51.4 Å². The van der Waals surface area contributed by atoms with Crippen molar-refractivity contribution in [2.24, 2.45) is 5.41 Å². The van der Waals surface area contributed by atoms with Gasteiger partial charge >= 0.3 is 5.97 Å². The van der Waals surface area contributed by atoms with Gasteiger partial charge in [0.25, 0.3) is 0 Å². The summed E-state index contributed by atoms with van der Waals surface area (Å²) in [5.41, 5.74) is 0.401. The molecule has 0 aromatic rings. The van der Waals surface area contributed by atoms with Gasteiger partial charge in [-0.3, -0.25) is 4.79 Å². The molecule has 2 fully saturated rings. The van der Waals surface area contributed by atoms with Crippen molar-refractivity contribution in [2.45, 2.75) is 56.1 Å². The molecular formula is C12H20O2S. The van der Waals surface area contributed by atoms with E-state index in [1.807, 2.05) is 6.26 Å². The highest BCUT2D eigenvalue weighted by molar-refractivity contribution is 8.00. The second kappa shape index (κ2) is 4.00. The van der Waals surface area contributed by atoms with E-state index >= 15 is 0 Å². The number of aliphatic carboxylic acids is 1. The molecule has 2 aliphatic carbocycles. The molecule has 2 saturated carbocycles.